The predicted octanol–water partition coefficient (Wildman–Crippen LogP) is 8.84. The summed E-state index contributed by atoms with van der Waals surface area (Å²) in [5.41, 5.74) is 3.23. The van der Waals surface area contributed by atoms with E-state index in [1.54, 1.807) is 18.2 Å². The van der Waals surface area contributed by atoms with E-state index in [1.165, 1.54) is 63.3 Å². The number of methoxy groups -OCH3 is 1. The molecule has 0 aliphatic carbocycles. The predicted molar refractivity (Wildman–Crippen MR) is 196 cm³/mol. The van der Waals surface area contributed by atoms with Crippen molar-refractivity contribution in [1.29, 1.82) is 0 Å². The van der Waals surface area contributed by atoms with Crippen LogP contribution in [-0.2, 0) is 26.2 Å². The van der Waals surface area contributed by atoms with Gasteiger partial charge in [0.2, 0.25) is 0 Å². The highest BCUT2D eigenvalue weighted by Crippen LogP contribution is 2.24. The van der Waals surface area contributed by atoms with Crippen molar-refractivity contribution < 1.29 is 27.6 Å². The van der Waals surface area contributed by atoms with Crippen molar-refractivity contribution in [2.45, 2.75) is 120 Å². The number of ether oxygens (including phenoxy) is 1. The summed E-state index contributed by atoms with van der Waals surface area (Å²) in [6.07, 6.45) is 22.7. The smallest absolute Gasteiger partial charge is 0.305 e. The molecule has 0 aromatic heterocycles. The van der Waals surface area contributed by atoms with Crippen molar-refractivity contribution >= 4 is 28.2 Å². The molecule has 2 N–H and O–H groups in total. The summed E-state index contributed by atoms with van der Waals surface area (Å²) in [4.78, 5) is 15.8. The summed E-state index contributed by atoms with van der Waals surface area (Å²) in [7, 11) is -2.62. The van der Waals surface area contributed by atoms with Gasteiger partial charge < -0.3 is 19.6 Å². The second-order valence-electron chi connectivity index (χ2n) is 12.5. The van der Waals surface area contributed by atoms with Crippen molar-refractivity contribution in [2.75, 3.05) is 13.8 Å². The molecule has 0 saturated heterocycles. The molecule has 0 spiro atoms. The van der Waals surface area contributed by atoms with Crippen LogP contribution in [0.2, 0.25) is 0 Å². The molecule has 2 aromatic carbocycles. The van der Waals surface area contributed by atoms with Crippen LogP contribution < -0.4 is 0 Å². The van der Waals surface area contributed by atoms with Gasteiger partial charge >= 0.3 is 5.97 Å². The topological polar surface area (TPSA) is 107 Å². The van der Waals surface area contributed by atoms with Gasteiger partial charge in [-0.15, -0.1) is 0 Å². The van der Waals surface area contributed by atoms with Gasteiger partial charge in [-0.05, 0) is 48.1 Å². The molecule has 0 radical (unpaired) electrons. The Hall–Kier alpha value is -3.40. The molecule has 0 fully saturated rings. The Bertz CT molecular complexity index is 1340. The van der Waals surface area contributed by atoms with Crippen LogP contribution in [0, 0.1) is 0 Å². The van der Waals surface area contributed by atoms with Crippen LogP contribution in [0.1, 0.15) is 114 Å². The number of hydrogen-bond donors (Lipinski definition) is 2. The number of carbonyl (C=O) groups is 1. The SMILES string of the molecule is C=Cc1ccc(CN2C=CN(C(CCCCCCCC)C(O)CCCCCCCC(=O)OC)C2)cc1.C=Cc1ccc(S(=O)(=O)O)cc1. The molecule has 0 amide bonds. The number of nitrogens with zero attached hydrogens (tertiary/aromatic N) is 2. The minimum atomic E-state index is -4.06. The molecule has 3 rings (SSSR count). The fourth-order valence-corrected chi connectivity index (χ4v) is 6.21. The van der Waals surface area contributed by atoms with E-state index in [0.717, 1.165) is 69.3 Å². The molecule has 2 atom stereocenters. The third-order valence-electron chi connectivity index (χ3n) is 8.66. The number of hydrogen-bond acceptors (Lipinski definition) is 7. The molecule has 2 aromatic rings. The quantitative estimate of drug-likeness (QED) is 0.0721. The van der Waals surface area contributed by atoms with Gasteiger partial charge in [0.1, 0.15) is 0 Å². The van der Waals surface area contributed by atoms with Crippen molar-refractivity contribution in [2.24, 2.45) is 0 Å². The van der Waals surface area contributed by atoms with Gasteiger partial charge in [0.25, 0.3) is 10.1 Å². The zero-order chi connectivity index (χ0) is 35.2. The van der Waals surface area contributed by atoms with Crippen molar-refractivity contribution in [3.05, 3.63) is 90.8 Å². The van der Waals surface area contributed by atoms with E-state index >= 15 is 0 Å². The summed E-state index contributed by atoms with van der Waals surface area (Å²) in [5, 5.41) is 11.2. The number of aliphatic hydroxyl groups excluding tert-OH is 1. The lowest BCUT2D eigenvalue weighted by Crippen LogP contribution is -2.42. The van der Waals surface area contributed by atoms with Crippen LogP contribution in [-0.4, -0.2) is 59.8 Å². The van der Waals surface area contributed by atoms with Gasteiger partial charge in [-0.3, -0.25) is 9.35 Å². The molecular weight excluding hydrogens is 625 g/mol. The number of esters is 1. The minimum absolute atomic E-state index is 0.104. The van der Waals surface area contributed by atoms with Gasteiger partial charge in [-0.2, -0.15) is 8.42 Å². The summed E-state index contributed by atoms with van der Waals surface area (Å²) < 4.78 is 34.4. The first-order valence-corrected chi connectivity index (χ1v) is 18.9. The highest BCUT2D eigenvalue weighted by atomic mass is 32.2. The lowest BCUT2D eigenvalue weighted by Gasteiger charge is -2.33. The summed E-state index contributed by atoms with van der Waals surface area (Å²) in [6.45, 7) is 11.3. The third kappa shape index (κ3) is 16.1. The van der Waals surface area contributed by atoms with E-state index < -0.39 is 10.1 Å². The zero-order valence-corrected chi connectivity index (χ0v) is 30.0. The first-order valence-electron chi connectivity index (χ1n) is 17.5. The molecule has 266 valence electrons. The van der Waals surface area contributed by atoms with Crippen molar-refractivity contribution in [3.8, 4) is 0 Å². The minimum Gasteiger partial charge on any atom is -0.469 e. The highest BCUT2D eigenvalue weighted by molar-refractivity contribution is 7.85. The first-order chi connectivity index (χ1) is 23.1. The maximum atomic E-state index is 11.2. The molecule has 2 unspecified atom stereocenters. The molecule has 48 heavy (non-hydrogen) atoms. The third-order valence-corrected chi connectivity index (χ3v) is 9.53. The molecule has 0 saturated carbocycles. The number of carbonyl (C=O) groups excluding carboxylic acids is 1. The van der Waals surface area contributed by atoms with E-state index in [9.17, 15) is 18.3 Å². The average Bonchev–Trinajstić information content (AvgIpc) is 3.55. The largest absolute Gasteiger partial charge is 0.469 e. The van der Waals surface area contributed by atoms with Crippen LogP contribution in [0.3, 0.4) is 0 Å². The molecule has 8 nitrogen and oxygen atoms in total. The average molecular weight is 683 g/mol. The van der Waals surface area contributed by atoms with Crippen molar-refractivity contribution in [3.63, 3.8) is 0 Å². The van der Waals surface area contributed by atoms with Crippen LogP contribution in [0.15, 0.2) is 79.0 Å². The maximum Gasteiger partial charge on any atom is 0.305 e. The Labute approximate surface area is 289 Å². The second kappa shape index (κ2) is 23.0. The Balaban J connectivity index is 0.000000558. The molecule has 1 aliphatic heterocycles. The molecule has 9 heteroatoms. The first kappa shape index (κ1) is 40.8. The molecule has 1 aliphatic rings. The van der Waals surface area contributed by atoms with E-state index in [0.29, 0.717) is 6.42 Å². The Kier molecular flexibility index (Phi) is 19.6. The van der Waals surface area contributed by atoms with Gasteiger partial charge in [-0.25, -0.2) is 0 Å². The van der Waals surface area contributed by atoms with E-state index in [-0.39, 0.29) is 23.0 Å². The van der Waals surface area contributed by atoms with E-state index in [1.807, 2.05) is 6.08 Å². The van der Waals surface area contributed by atoms with Crippen LogP contribution >= 0.6 is 0 Å². The van der Waals surface area contributed by atoms with Crippen molar-refractivity contribution in [1.82, 2.24) is 9.80 Å². The Morgan fingerprint density at radius 2 is 1.38 bits per heavy atom. The van der Waals surface area contributed by atoms with Gasteiger partial charge in [0, 0.05) is 25.4 Å². The Morgan fingerprint density at radius 3 is 1.94 bits per heavy atom. The fraction of sp³-hybridized carbons (Fsp3) is 0.513. The normalized spacial score (nSPS) is 13.8. The fourth-order valence-electron chi connectivity index (χ4n) is 5.73. The van der Waals surface area contributed by atoms with Crippen LogP contribution in [0.5, 0.6) is 0 Å². The van der Waals surface area contributed by atoms with Gasteiger partial charge in [0.15, 0.2) is 0 Å². The lowest BCUT2D eigenvalue weighted by molar-refractivity contribution is -0.140. The van der Waals surface area contributed by atoms with Gasteiger partial charge in [-0.1, -0.05) is 133 Å². The molecular formula is C39H58N2O6S. The van der Waals surface area contributed by atoms with Crippen LogP contribution in [0.4, 0.5) is 0 Å². The van der Waals surface area contributed by atoms with E-state index in [4.69, 9.17) is 9.29 Å². The number of rotatable bonds is 22. The zero-order valence-electron chi connectivity index (χ0n) is 29.1. The van der Waals surface area contributed by atoms with Crippen LogP contribution in [0.25, 0.3) is 12.2 Å². The lowest BCUT2D eigenvalue weighted by atomic mass is 9.96. The molecule has 1 heterocycles. The summed E-state index contributed by atoms with van der Waals surface area (Å²) in [6, 6.07) is 14.5. The monoisotopic (exact) mass is 682 g/mol. The number of aliphatic hydroxyl groups is 1. The molecule has 0 bridgehead atoms. The van der Waals surface area contributed by atoms with E-state index in [2.05, 4.69) is 66.5 Å². The number of unbranched alkanes of at least 4 members (excludes halogenated alkanes) is 9. The highest BCUT2D eigenvalue weighted by Gasteiger charge is 2.27. The summed E-state index contributed by atoms with van der Waals surface area (Å²) in [5.74, 6) is -0.121. The number of benzene rings is 2. The summed E-state index contributed by atoms with van der Waals surface area (Å²) >= 11 is 0. The standard InChI is InChI=1S/C31H50N2O3.C8H8O3S/c1-4-6-7-8-10-13-16-29(30(34)17-14-11-9-12-15-18-31(35)36-3)33-24-23-32(26-33)25-28-21-19-27(5-2)20-22-28;1-2-7-3-5-8(6-4-7)12(9,10)11/h5,19-24,29-30,34H,2,4,6-18,25-26H2,1,3H3;2-6H,1H2,(H,9,10,11). The maximum absolute atomic E-state index is 11.2. The second-order valence-corrected chi connectivity index (χ2v) is 13.9. The Morgan fingerprint density at radius 1 is 0.833 bits per heavy atom. The van der Waals surface area contributed by atoms with Gasteiger partial charge in [0.05, 0.1) is 30.8 Å².